The van der Waals surface area contributed by atoms with Crippen LogP contribution in [0.3, 0.4) is 0 Å². The molecule has 2 heterocycles. The molecule has 0 saturated heterocycles. The molecule has 18 heavy (non-hydrogen) atoms. The van der Waals surface area contributed by atoms with Crippen LogP contribution in [0.25, 0.3) is 4.96 Å². The highest BCUT2D eigenvalue weighted by molar-refractivity contribution is 7.15. The topological polar surface area (TPSA) is 29.3 Å². The fraction of sp³-hybridized carbons (Fsp3) is 0.643. The molecule has 4 heteroatoms. The first kappa shape index (κ1) is 13.6. The van der Waals surface area contributed by atoms with Crippen molar-refractivity contribution in [1.82, 2.24) is 14.7 Å². The second kappa shape index (κ2) is 4.67. The molecule has 0 aliphatic heterocycles. The fourth-order valence-corrected chi connectivity index (χ4v) is 3.30. The van der Waals surface area contributed by atoms with Crippen LogP contribution in [0.15, 0.2) is 17.8 Å². The Kier molecular flexibility index (Phi) is 3.52. The second-order valence-electron chi connectivity index (χ2n) is 6.80. The number of fused-ring (bicyclic) bond motifs is 1. The highest BCUT2D eigenvalue weighted by Crippen LogP contribution is 2.27. The molecule has 0 fully saturated rings. The Labute approximate surface area is 113 Å². The third-order valence-corrected chi connectivity index (χ3v) is 3.63. The number of imidazole rings is 1. The van der Waals surface area contributed by atoms with Crippen LogP contribution in [0.2, 0.25) is 0 Å². The summed E-state index contributed by atoms with van der Waals surface area (Å²) in [5, 5.41) is 5.67. The van der Waals surface area contributed by atoms with Crippen molar-refractivity contribution in [1.29, 1.82) is 0 Å². The molecule has 0 unspecified atom stereocenters. The van der Waals surface area contributed by atoms with Gasteiger partial charge in [0.15, 0.2) is 4.96 Å². The molecule has 2 aromatic rings. The molecule has 3 nitrogen and oxygen atoms in total. The molecular weight excluding hydrogens is 242 g/mol. The van der Waals surface area contributed by atoms with E-state index in [1.807, 2.05) is 0 Å². The van der Waals surface area contributed by atoms with E-state index in [4.69, 9.17) is 0 Å². The van der Waals surface area contributed by atoms with Gasteiger partial charge in [-0.3, -0.25) is 4.40 Å². The normalized spacial score (nSPS) is 13.4. The minimum absolute atomic E-state index is 0.134. The van der Waals surface area contributed by atoms with Gasteiger partial charge in [-0.25, -0.2) is 4.98 Å². The van der Waals surface area contributed by atoms with Gasteiger partial charge in [0.1, 0.15) is 0 Å². The smallest absolute Gasteiger partial charge is 0.193 e. The van der Waals surface area contributed by atoms with Gasteiger partial charge in [-0.05, 0) is 25.7 Å². The van der Waals surface area contributed by atoms with E-state index >= 15 is 0 Å². The number of hydrogen-bond donors (Lipinski definition) is 1. The lowest BCUT2D eigenvalue weighted by molar-refractivity contribution is 0.240. The SMILES string of the molecule is CC(C)(C)CC(C)(C)NCc1cn2ccsc2n1. The summed E-state index contributed by atoms with van der Waals surface area (Å²) in [6, 6.07) is 0. The molecule has 1 N–H and O–H groups in total. The molecule has 0 spiro atoms. The first-order chi connectivity index (χ1) is 8.25. The lowest BCUT2D eigenvalue weighted by atomic mass is 9.82. The summed E-state index contributed by atoms with van der Waals surface area (Å²) in [6.07, 6.45) is 5.30. The number of nitrogens with zero attached hydrogens (tertiary/aromatic N) is 2. The molecule has 0 bridgehead atoms. The van der Waals surface area contributed by atoms with E-state index in [1.54, 1.807) is 11.3 Å². The van der Waals surface area contributed by atoms with E-state index in [0.717, 1.165) is 23.6 Å². The van der Waals surface area contributed by atoms with E-state index in [-0.39, 0.29) is 5.54 Å². The Morgan fingerprint density at radius 1 is 1.28 bits per heavy atom. The summed E-state index contributed by atoms with van der Waals surface area (Å²) < 4.78 is 2.08. The van der Waals surface area contributed by atoms with Gasteiger partial charge >= 0.3 is 0 Å². The van der Waals surface area contributed by atoms with E-state index in [0.29, 0.717) is 5.41 Å². The average molecular weight is 265 g/mol. The van der Waals surface area contributed by atoms with Crippen molar-refractivity contribution >= 4 is 16.3 Å². The summed E-state index contributed by atoms with van der Waals surface area (Å²) >= 11 is 1.68. The van der Waals surface area contributed by atoms with Crippen molar-refractivity contribution in [2.45, 2.75) is 53.1 Å². The van der Waals surface area contributed by atoms with E-state index < -0.39 is 0 Å². The van der Waals surface area contributed by atoms with Gasteiger partial charge < -0.3 is 5.32 Å². The van der Waals surface area contributed by atoms with Crippen LogP contribution in [-0.2, 0) is 6.54 Å². The average Bonchev–Trinajstić information content (AvgIpc) is 2.69. The van der Waals surface area contributed by atoms with Crippen molar-refractivity contribution in [3.05, 3.63) is 23.5 Å². The van der Waals surface area contributed by atoms with E-state index in [1.165, 1.54) is 0 Å². The van der Waals surface area contributed by atoms with Crippen LogP contribution in [0.4, 0.5) is 0 Å². The molecule has 0 atom stereocenters. The molecule has 100 valence electrons. The summed E-state index contributed by atoms with van der Waals surface area (Å²) in [4.78, 5) is 5.66. The number of thiazole rings is 1. The largest absolute Gasteiger partial charge is 0.306 e. The maximum atomic E-state index is 4.59. The zero-order valence-corrected chi connectivity index (χ0v) is 12.8. The molecule has 0 aliphatic rings. The molecule has 0 amide bonds. The number of hydrogen-bond acceptors (Lipinski definition) is 3. The minimum atomic E-state index is 0.134. The van der Waals surface area contributed by atoms with Crippen molar-refractivity contribution in [3.63, 3.8) is 0 Å². The van der Waals surface area contributed by atoms with Crippen molar-refractivity contribution in [2.24, 2.45) is 5.41 Å². The molecule has 0 saturated carbocycles. The van der Waals surface area contributed by atoms with Gasteiger partial charge in [-0.1, -0.05) is 20.8 Å². The van der Waals surface area contributed by atoms with Gasteiger partial charge in [-0.2, -0.15) is 0 Å². The molecule has 2 aromatic heterocycles. The Bertz CT molecular complexity index is 488. The van der Waals surface area contributed by atoms with Crippen LogP contribution in [0, 0.1) is 5.41 Å². The number of nitrogens with one attached hydrogen (secondary N) is 1. The Hall–Kier alpha value is -0.870. The predicted molar refractivity (Wildman–Crippen MR) is 78.1 cm³/mol. The van der Waals surface area contributed by atoms with Gasteiger partial charge in [0, 0.05) is 29.9 Å². The van der Waals surface area contributed by atoms with Crippen molar-refractivity contribution in [3.8, 4) is 0 Å². The number of aromatic nitrogens is 2. The molecular formula is C14H23N3S. The van der Waals surface area contributed by atoms with Crippen LogP contribution in [0.1, 0.15) is 46.7 Å². The molecule has 2 rings (SSSR count). The Morgan fingerprint density at radius 2 is 2.00 bits per heavy atom. The first-order valence-corrected chi connectivity index (χ1v) is 7.29. The van der Waals surface area contributed by atoms with Crippen LogP contribution in [0.5, 0.6) is 0 Å². The third kappa shape index (κ3) is 3.56. The van der Waals surface area contributed by atoms with Gasteiger partial charge in [0.2, 0.25) is 0 Å². The van der Waals surface area contributed by atoms with Gasteiger partial charge in [0.05, 0.1) is 5.69 Å². The van der Waals surface area contributed by atoms with Crippen molar-refractivity contribution in [2.75, 3.05) is 0 Å². The highest BCUT2D eigenvalue weighted by atomic mass is 32.1. The summed E-state index contributed by atoms with van der Waals surface area (Å²) in [5.41, 5.74) is 1.59. The monoisotopic (exact) mass is 265 g/mol. The summed E-state index contributed by atoms with van der Waals surface area (Å²) in [6.45, 7) is 12.2. The first-order valence-electron chi connectivity index (χ1n) is 6.41. The standard InChI is InChI=1S/C14H23N3S/c1-13(2,3)10-14(4,5)15-8-11-9-17-6-7-18-12(17)16-11/h6-7,9,15H,8,10H2,1-5H3. The lowest BCUT2D eigenvalue weighted by Crippen LogP contribution is -2.41. The zero-order chi connectivity index (χ0) is 13.4. The number of rotatable bonds is 4. The molecule has 0 radical (unpaired) electrons. The predicted octanol–water partition coefficient (Wildman–Crippen LogP) is 3.70. The van der Waals surface area contributed by atoms with Crippen LogP contribution >= 0.6 is 11.3 Å². The van der Waals surface area contributed by atoms with Gasteiger partial charge in [0.25, 0.3) is 0 Å². The van der Waals surface area contributed by atoms with Crippen LogP contribution in [-0.4, -0.2) is 14.9 Å². The minimum Gasteiger partial charge on any atom is -0.306 e. The Balaban J connectivity index is 1.96. The van der Waals surface area contributed by atoms with E-state index in [9.17, 15) is 0 Å². The maximum Gasteiger partial charge on any atom is 0.193 e. The fourth-order valence-electron chi connectivity index (χ4n) is 2.58. The molecule has 0 aliphatic carbocycles. The van der Waals surface area contributed by atoms with Crippen LogP contribution < -0.4 is 5.32 Å². The van der Waals surface area contributed by atoms with E-state index in [2.05, 4.69) is 67.1 Å². The summed E-state index contributed by atoms with van der Waals surface area (Å²) in [5.74, 6) is 0. The second-order valence-corrected chi connectivity index (χ2v) is 7.67. The Morgan fingerprint density at radius 3 is 2.61 bits per heavy atom. The van der Waals surface area contributed by atoms with Crippen molar-refractivity contribution < 1.29 is 0 Å². The lowest BCUT2D eigenvalue weighted by Gasteiger charge is -2.33. The summed E-state index contributed by atoms with van der Waals surface area (Å²) in [7, 11) is 0. The maximum absolute atomic E-state index is 4.59. The highest BCUT2D eigenvalue weighted by Gasteiger charge is 2.24. The molecule has 0 aromatic carbocycles. The quantitative estimate of drug-likeness (QED) is 0.913. The zero-order valence-electron chi connectivity index (χ0n) is 11.9. The van der Waals surface area contributed by atoms with Gasteiger partial charge in [-0.15, -0.1) is 11.3 Å². The third-order valence-electron chi connectivity index (χ3n) is 2.86.